The number of nitrogens with zero attached hydrogens (tertiary/aromatic N) is 3. The lowest BCUT2D eigenvalue weighted by Crippen LogP contribution is -2.17. The zero-order valence-electron chi connectivity index (χ0n) is 15.8. The first-order valence-electron chi connectivity index (χ1n) is 9.50. The molecule has 0 aliphatic heterocycles. The highest BCUT2D eigenvalue weighted by Crippen LogP contribution is 2.37. The number of imidazole rings is 1. The van der Waals surface area contributed by atoms with Crippen LogP contribution in [0.2, 0.25) is 0 Å². The molecule has 0 amide bonds. The highest BCUT2D eigenvalue weighted by molar-refractivity contribution is 7.99. The number of fused-ring (bicyclic) bond motifs is 2. The van der Waals surface area contributed by atoms with Gasteiger partial charge in [0, 0.05) is 17.2 Å². The molecule has 30 heavy (non-hydrogen) atoms. The van der Waals surface area contributed by atoms with Gasteiger partial charge in [0.1, 0.15) is 17.2 Å². The number of thiophene rings is 1. The van der Waals surface area contributed by atoms with Gasteiger partial charge in [-0.15, -0.1) is 23.1 Å². The van der Waals surface area contributed by atoms with Gasteiger partial charge in [0.15, 0.2) is 0 Å². The molecular formula is C22H17FN4OS2. The van der Waals surface area contributed by atoms with E-state index in [1.807, 2.05) is 30.3 Å². The molecule has 0 atom stereocenters. The second kappa shape index (κ2) is 8.04. The van der Waals surface area contributed by atoms with E-state index >= 15 is 0 Å². The molecule has 3 heterocycles. The van der Waals surface area contributed by atoms with Crippen LogP contribution in [0.3, 0.4) is 0 Å². The summed E-state index contributed by atoms with van der Waals surface area (Å²) in [5.41, 5.74) is 3.57. The molecule has 0 saturated heterocycles. The second-order valence-corrected chi connectivity index (χ2v) is 8.95. The molecule has 0 aliphatic carbocycles. The van der Waals surface area contributed by atoms with E-state index < -0.39 is 0 Å². The van der Waals surface area contributed by atoms with Crippen LogP contribution in [0, 0.1) is 5.82 Å². The summed E-state index contributed by atoms with van der Waals surface area (Å²) in [6, 6.07) is 16.2. The molecular weight excluding hydrogens is 419 g/mol. The van der Waals surface area contributed by atoms with Crippen LogP contribution in [0.5, 0.6) is 0 Å². The molecule has 0 radical (unpaired) electrons. The molecule has 5 aromatic rings. The first kappa shape index (κ1) is 19.0. The van der Waals surface area contributed by atoms with E-state index in [9.17, 15) is 9.18 Å². The number of aromatic amines is 1. The van der Waals surface area contributed by atoms with Gasteiger partial charge in [0.2, 0.25) is 0 Å². The maximum Gasteiger partial charge on any atom is 0.326 e. The minimum atomic E-state index is -0.245. The van der Waals surface area contributed by atoms with Crippen molar-refractivity contribution in [1.82, 2.24) is 19.5 Å². The van der Waals surface area contributed by atoms with Gasteiger partial charge < -0.3 is 4.98 Å². The Morgan fingerprint density at radius 2 is 1.93 bits per heavy atom. The third kappa shape index (κ3) is 3.64. The summed E-state index contributed by atoms with van der Waals surface area (Å²) in [5.74, 6) is 0.590. The predicted molar refractivity (Wildman–Crippen MR) is 121 cm³/mol. The lowest BCUT2D eigenvalue weighted by molar-refractivity contribution is 0.628. The number of halogens is 1. The summed E-state index contributed by atoms with van der Waals surface area (Å²) >= 11 is 3.28. The monoisotopic (exact) mass is 436 g/mol. The van der Waals surface area contributed by atoms with Crippen molar-refractivity contribution < 1.29 is 4.39 Å². The second-order valence-electron chi connectivity index (χ2n) is 6.81. The van der Waals surface area contributed by atoms with Gasteiger partial charge in [0.05, 0.1) is 21.3 Å². The predicted octanol–water partition coefficient (Wildman–Crippen LogP) is 5.32. The molecule has 0 fully saturated rings. The van der Waals surface area contributed by atoms with Crippen LogP contribution >= 0.6 is 23.1 Å². The summed E-state index contributed by atoms with van der Waals surface area (Å²) < 4.78 is 16.0. The van der Waals surface area contributed by atoms with Gasteiger partial charge >= 0.3 is 5.69 Å². The third-order valence-electron chi connectivity index (χ3n) is 4.85. The quantitative estimate of drug-likeness (QED) is 0.222. The van der Waals surface area contributed by atoms with Crippen molar-refractivity contribution in [3.63, 3.8) is 0 Å². The Balaban J connectivity index is 1.31. The first-order valence-corrected chi connectivity index (χ1v) is 11.3. The van der Waals surface area contributed by atoms with E-state index in [0.717, 1.165) is 48.9 Å². The largest absolute Gasteiger partial charge is 0.326 e. The Morgan fingerprint density at radius 1 is 1.10 bits per heavy atom. The minimum Gasteiger partial charge on any atom is -0.306 e. The Labute approximate surface area is 179 Å². The summed E-state index contributed by atoms with van der Waals surface area (Å²) in [6.45, 7) is 0.648. The van der Waals surface area contributed by atoms with Crippen LogP contribution in [0.15, 0.2) is 70.7 Å². The minimum absolute atomic E-state index is 0.0761. The van der Waals surface area contributed by atoms with Crippen molar-refractivity contribution in [3.05, 3.63) is 77.2 Å². The molecule has 8 heteroatoms. The van der Waals surface area contributed by atoms with Crippen molar-refractivity contribution >= 4 is 44.3 Å². The Kier molecular flexibility index (Phi) is 5.10. The van der Waals surface area contributed by atoms with Gasteiger partial charge in [-0.2, -0.15) is 0 Å². The first-order chi connectivity index (χ1) is 14.7. The number of aryl methyl sites for hydroxylation is 1. The Morgan fingerprint density at radius 3 is 2.80 bits per heavy atom. The van der Waals surface area contributed by atoms with Gasteiger partial charge in [-0.1, -0.05) is 24.3 Å². The van der Waals surface area contributed by atoms with Crippen LogP contribution in [0.1, 0.15) is 6.42 Å². The fourth-order valence-electron chi connectivity index (χ4n) is 3.41. The van der Waals surface area contributed by atoms with E-state index in [1.165, 1.54) is 12.1 Å². The molecule has 5 nitrogen and oxygen atoms in total. The number of nitrogens with one attached hydrogen (secondary N) is 1. The summed E-state index contributed by atoms with van der Waals surface area (Å²) in [7, 11) is 0. The fraction of sp³-hybridized carbons (Fsp3) is 0.136. The fourth-order valence-corrected chi connectivity index (χ4v) is 5.54. The lowest BCUT2D eigenvalue weighted by atomic mass is 10.2. The molecule has 3 aromatic heterocycles. The number of rotatable bonds is 6. The van der Waals surface area contributed by atoms with Crippen LogP contribution < -0.4 is 5.69 Å². The topological polar surface area (TPSA) is 63.6 Å². The lowest BCUT2D eigenvalue weighted by Gasteiger charge is -2.04. The number of hydrogen-bond acceptors (Lipinski definition) is 5. The van der Waals surface area contributed by atoms with Crippen molar-refractivity contribution in [3.8, 4) is 10.4 Å². The van der Waals surface area contributed by atoms with Crippen LogP contribution in [-0.4, -0.2) is 25.3 Å². The smallest absolute Gasteiger partial charge is 0.306 e. The van der Waals surface area contributed by atoms with Crippen LogP contribution in [0.25, 0.3) is 31.7 Å². The van der Waals surface area contributed by atoms with E-state index in [1.54, 1.807) is 46.1 Å². The van der Waals surface area contributed by atoms with Crippen LogP contribution in [0.4, 0.5) is 4.39 Å². The average Bonchev–Trinajstić information content (AvgIpc) is 3.33. The molecule has 0 saturated carbocycles. The van der Waals surface area contributed by atoms with Crippen LogP contribution in [-0.2, 0) is 6.54 Å². The maximum atomic E-state index is 13.2. The molecule has 150 valence electrons. The Bertz CT molecular complexity index is 1390. The standard InChI is InChI=1S/C22H17FN4OS2/c23-15-8-6-14(7-9-15)19-12-17-20(30-19)21(25-13-24-17)29-11-3-10-27-18-5-2-1-4-16(18)26-22(27)28/h1-2,4-9,12-13H,3,10-11H2,(H,26,28). The highest BCUT2D eigenvalue weighted by Gasteiger charge is 2.11. The third-order valence-corrected chi connectivity index (χ3v) is 7.24. The zero-order chi connectivity index (χ0) is 20.5. The van der Waals surface area contributed by atoms with Crippen molar-refractivity contribution in [1.29, 1.82) is 0 Å². The van der Waals surface area contributed by atoms with Gasteiger partial charge in [0.25, 0.3) is 0 Å². The maximum absolute atomic E-state index is 13.2. The number of H-pyrrole nitrogens is 1. The van der Waals surface area contributed by atoms with Crippen molar-refractivity contribution in [2.24, 2.45) is 0 Å². The molecule has 1 N–H and O–H groups in total. The number of para-hydroxylation sites is 2. The van der Waals surface area contributed by atoms with E-state index in [4.69, 9.17) is 0 Å². The number of thioether (sulfide) groups is 1. The number of aromatic nitrogens is 4. The number of benzene rings is 2. The molecule has 2 aromatic carbocycles. The molecule has 5 rings (SSSR count). The summed E-state index contributed by atoms with van der Waals surface area (Å²) in [4.78, 5) is 25.0. The van der Waals surface area contributed by atoms with Gasteiger partial charge in [-0.3, -0.25) is 4.57 Å². The van der Waals surface area contributed by atoms with E-state index in [-0.39, 0.29) is 11.5 Å². The molecule has 0 spiro atoms. The molecule has 0 bridgehead atoms. The van der Waals surface area contributed by atoms with Gasteiger partial charge in [-0.25, -0.2) is 19.2 Å². The summed E-state index contributed by atoms with van der Waals surface area (Å²) in [5, 5.41) is 0.935. The van der Waals surface area contributed by atoms with E-state index in [0.29, 0.717) is 6.54 Å². The normalized spacial score (nSPS) is 11.5. The Hall–Kier alpha value is -2.97. The average molecular weight is 437 g/mol. The molecule has 0 aliphatic rings. The summed E-state index contributed by atoms with van der Waals surface area (Å²) in [6.07, 6.45) is 2.42. The molecule has 0 unspecified atom stereocenters. The van der Waals surface area contributed by atoms with Crippen molar-refractivity contribution in [2.75, 3.05) is 5.75 Å². The number of hydrogen-bond donors (Lipinski definition) is 1. The van der Waals surface area contributed by atoms with Gasteiger partial charge in [-0.05, 0) is 42.3 Å². The SMILES string of the molecule is O=c1[nH]c2ccccc2n1CCCSc1ncnc2cc(-c3ccc(F)cc3)sc12. The van der Waals surface area contributed by atoms with E-state index in [2.05, 4.69) is 15.0 Å². The van der Waals surface area contributed by atoms with Crippen molar-refractivity contribution in [2.45, 2.75) is 18.0 Å². The zero-order valence-corrected chi connectivity index (χ0v) is 17.5. The highest BCUT2D eigenvalue weighted by atomic mass is 32.2.